The average Bonchev–Trinajstić information content (AvgIpc) is 3.04. The molecule has 1 aromatic carbocycles. The van der Waals surface area contributed by atoms with Gasteiger partial charge in [-0.1, -0.05) is 0 Å². The number of carbonyl (C=O) groups excluding carboxylic acids is 1. The molecule has 0 aliphatic carbocycles. The van der Waals surface area contributed by atoms with Crippen LogP contribution in [0, 0.1) is 5.92 Å². The van der Waals surface area contributed by atoms with Gasteiger partial charge in [0.05, 0.1) is 6.61 Å². The molecular formula is C17H23NO3. The third-order valence-corrected chi connectivity index (χ3v) is 4.27. The Hall–Kier alpha value is -1.55. The second-order valence-electron chi connectivity index (χ2n) is 5.90. The van der Waals surface area contributed by atoms with Crippen molar-refractivity contribution < 1.29 is 14.3 Å². The van der Waals surface area contributed by atoms with Gasteiger partial charge in [-0.15, -0.1) is 0 Å². The van der Waals surface area contributed by atoms with E-state index in [0.29, 0.717) is 5.92 Å². The summed E-state index contributed by atoms with van der Waals surface area (Å²) in [5.41, 5.74) is 1.89. The van der Waals surface area contributed by atoms with Crippen molar-refractivity contribution >= 4 is 5.91 Å². The van der Waals surface area contributed by atoms with Gasteiger partial charge in [0.2, 0.25) is 0 Å². The van der Waals surface area contributed by atoms with E-state index in [1.165, 1.54) is 6.42 Å². The van der Waals surface area contributed by atoms with Gasteiger partial charge in [0, 0.05) is 25.3 Å². The van der Waals surface area contributed by atoms with Gasteiger partial charge < -0.3 is 14.8 Å². The summed E-state index contributed by atoms with van der Waals surface area (Å²) in [4.78, 5) is 12.1. The maximum atomic E-state index is 12.1. The minimum absolute atomic E-state index is 0.0195. The minimum Gasteiger partial charge on any atom is -0.493 e. The van der Waals surface area contributed by atoms with Gasteiger partial charge in [-0.05, 0) is 61.8 Å². The van der Waals surface area contributed by atoms with Crippen molar-refractivity contribution in [1.82, 2.24) is 5.32 Å². The Morgan fingerprint density at radius 2 is 2.29 bits per heavy atom. The number of hydrogen-bond acceptors (Lipinski definition) is 3. The van der Waals surface area contributed by atoms with Crippen molar-refractivity contribution in [2.45, 2.75) is 32.1 Å². The monoisotopic (exact) mass is 289 g/mol. The quantitative estimate of drug-likeness (QED) is 0.847. The smallest absolute Gasteiger partial charge is 0.251 e. The molecule has 0 spiro atoms. The minimum atomic E-state index is 0.0195. The molecule has 114 valence electrons. The fourth-order valence-electron chi connectivity index (χ4n) is 3.01. The first-order valence-corrected chi connectivity index (χ1v) is 7.94. The van der Waals surface area contributed by atoms with Crippen molar-refractivity contribution in [2.24, 2.45) is 5.92 Å². The third kappa shape index (κ3) is 3.76. The summed E-state index contributed by atoms with van der Waals surface area (Å²) in [6, 6.07) is 5.73. The molecule has 1 saturated heterocycles. The maximum Gasteiger partial charge on any atom is 0.251 e. The van der Waals surface area contributed by atoms with Crippen LogP contribution in [-0.4, -0.2) is 32.3 Å². The molecule has 0 saturated carbocycles. The maximum absolute atomic E-state index is 12.1. The molecule has 1 atom stereocenters. The van der Waals surface area contributed by atoms with Crippen LogP contribution in [0.4, 0.5) is 0 Å². The summed E-state index contributed by atoms with van der Waals surface area (Å²) in [7, 11) is 0. The summed E-state index contributed by atoms with van der Waals surface area (Å²) >= 11 is 0. The van der Waals surface area contributed by atoms with Crippen molar-refractivity contribution in [1.29, 1.82) is 0 Å². The van der Waals surface area contributed by atoms with Crippen LogP contribution < -0.4 is 10.1 Å². The predicted molar refractivity (Wildman–Crippen MR) is 80.8 cm³/mol. The van der Waals surface area contributed by atoms with Crippen LogP contribution in [-0.2, 0) is 11.2 Å². The first kappa shape index (κ1) is 14.4. The number of ether oxygens (including phenoxy) is 2. The molecule has 2 aliphatic heterocycles. The van der Waals surface area contributed by atoms with Gasteiger partial charge >= 0.3 is 0 Å². The molecule has 1 unspecified atom stereocenters. The number of rotatable bonds is 5. The molecule has 0 aromatic heterocycles. The van der Waals surface area contributed by atoms with Gasteiger partial charge in [-0.3, -0.25) is 4.79 Å². The van der Waals surface area contributed by atoms with Crippen LogP contribution >= 0.6 is 0 Å². The zero-order valence-corrected chi connectivity index (χ0v) is 12.4. The van der Waals surface area contributed by atoms with E-state index in [1.54, 1.807) is 0 Å². The van der Waals surface area contributed by atoms with E-state index in [0.717, 1.165) is 68.9 Å². The van der Waals surface area contributed by atoms with Crippen LogP contribution in [0.1, 0.15) is 41.6 Å². The second kappa shape index (κ2) is 6.94. The topological polar surface area (TPSA) is 47.6 Å². The lowest BCUT2D eigenvalue weighted by molar-refractivity contribution is 0.0952. The number of nitrogens with one attached hydrogen (secondary N) is 1. The molecule has 1 fully saturated rings. The molecule has 4 heteroatoms. The van der Waals surface area contributed by atoms with E-state index in [-0.39, 0.29) is 5.91 Å². The highest BCUT2D eigenvalue weighted by Gasteiger charge is 2.16. The zero-order chi connectivity index (χ0) is 14.5. The molecule has 0 radical (unpaired) electrons. The van der Waals surface area contributed by atoms with Gasteiger partial charge in [0.25, 0.3) is 5.91 Å². The van der Waals surface area contributed by atoms with E-state index in [1.807, 2.05) is 18.2 Å². The van der Waals surface area contributed by atoms with Crippen molar-refractivity contribution in [3.8, 4) is 5.75 Å². The fraction of sp³-hybridized carbons (Fsp3) is 0.588. The highest BCUT2D eigenvalue weighted by molar-refractivity contribution is 5.94. The van der Waals surface area contributed by atoms with Crippen molar-refractivity contribution in [3.63, 3.8) is 0 Å². The van der Waals surface area contributed by atoms with E-state index >= 15 is 0 Å². The molecule has 21 heavy (non-hydrogen) atoms. The number of benzene rings is 1. The van der Waals surface area contributed by atoms with E-state index in [4.69, 9.17) is 9.47 Å². The molecule has 2 heterocycles. The molecular weight excluding hydrogens is 266 g/mol. The Morgan fingerprint density at radius 3 is 3.14 bits per heavy atom. The van der Waals surface area contributed by atoms with Gasteiger partial charge in [-0.2, -0.15) is 0 Å². The molecule has 1 amide bonds. The highest BCUT2D eigenvalue weighted by atomic mass is 16.5. The van der Waals surface area contributed by atoms with Gasteiger partial charge in [0.1, 0.15) is 5.75 Å². The Bertz CT molecular complexity index is 495. The van der Waals surface area contributed by atoms with Crippen LogP contribution in [0.3, 0.4) is 0 Å². The molecule has 1 N–H and O–H groups in total. The number of hydrogen-bond donors (Lipinski definition) is 1. The first-order valence-electron chi connectivity index (χ1n) is 7.94. The summed E-state index contributed by atoms with van der Waals surface area (Å²) in [5, 5.41) is 3.01. The Balaban J connectivity index is 1.46. The lowest BCUT2D eigenvalue weighted by Gasteiger charge is -2.17. The number of fused-ring (bicyclic) bond motifs is 1. The molecule has 4 nitrogen and oxygen atoms in total. The second-order valence-corrected chi connectivity index (χ2v) is 5.90. The van der Waals surface area contributed by atoms with E-state index < -0.39 is 0 Å². The average molecular weight is 289 g/mol. The van der Waals surface area contributed by atoms with Crippen LogP contribution in [0.25, 0.3) is 0 Å². The van der Waals surface area contributed by atoms with Gasteiger partial charge in [-0.25, -0.2) is 0 Å². The number of amides is 1. The zero-order valence-electron chi connectivity index (χ0n) is 12.4. The molecule has 2 aliphatic rings. The van der Waals surface area contributed by atoms with E-state index in [2.05, 4.69) is 5.32 Å². The normalized spacial score (nSPS) is 20.7. The van der Waals surface area contributed by atoms with E-state index in [9.17, 15) is 4.79 Å². The Morgan fingerprint density at radius 1 is 1.33 bits per heavy atom. The summed E-state index contributed by atoms with van der Waals surface area (Å²) in [5.74, 6) is 1.63. The van der Waals surface area contributed by atoms with Crippen LogP contribution in [0.15, 0.2) is 18.2 Å². The van der Waals surface area contributed by atoms with Crippen molar-refractivity contribution in [2.75, 3.05) is 26.4 Å². The third-order valence-electron chi connectivity index (χ3n) is 4.27. The largest absolute Gasteiger partial charge is 0.493 e. The summed E-state index contributed by atoms with van der Waals surface area (Å²) in [6.45, 7) is 3.30. The molecule has 3 rings (SSSR count). The lowest BCUT2D eigenvalue weighted by Crippen LogP contribution is -2.25. The Kier molecular flexibility index (Phi) is 4.76. The standard InChI is InChI=1S/C17H23NO3/c19-17(18-8-1-3-13-7-10-20-12-13)15-5-6-16-14(11-15)4-2-9-21-16/h5-6,11,13H,1-4,7-10,12H2,(H,18,19). The molecule has 1 aromatic rings. The molecule has 0 bridgehead atoms. The van der Waals surface area contributed by atoms with Gasteiger partial charge in [0.15, 0.2) is 0 Å². The number of aryl methyl sites for hydroxylation is 1. The Labute approximate surface area is 125 Å². The fourth-order valence-corrected chi connectivity index (χ4v) is 3.01. The SMILES string of the molecule is O=C(NCCCC1CCOC1)c1ccc2c(c1)CCCO2. The predicted octanol–water partition coefficient (Wildman–Crippen LogP) is 2.56. The number of carbonyl (C=O) groups is 1. The summed E-state index contributed by atoms with van der Waals surface area (Å²) < 4.78 is 10.9. The lowest BCUT2D eigenvalue weighted by atomic mass is 10.0. The van der Waals surface area contributed by atoms with Crippen LogP contribution in [0.5, 0.6) is 5.75 Å². The van der Waals surface area contributed by atoms with Crippen LogP contribution in [0.2, 0.25) is 0 Å². The first-order chi connectivity index (χ1) is 10.3. The summed E-state index contributed by atoms with van der Waals surface area (Å²) in [6.07, 6.45) is 5.35. The van der Waals surface area contributed by atoms with Crippen molar-refractivity contribution in [3.05, 3.63) is 29.3 Å². The highest BCUT2D eigenvalue weighted by Crippen LogP contribution is 2.25.